The van der Waals surface area contributed by atoms with E-state index in [1.54, 1.807) is 25.3 Å². The molecule has 0 aromatic heterocycles. The summed E-state index contributed by atoms with van der Waals surface area (Å²) in [6.45, 7) is 2.75. The van der Waals surface area contributed by atoms with E-state index < -0.39 is 0 Å². The fraction of sp³-hybridized carbons (Fsp3) is 0.562. The lowest BCUT2D eigenvalue weighted by molar-refractivity contribution is -0.122. The van der Waals surface area contributed by atoms with Crippen molar-refractivity contribution in [1.29, 1.82) is 0 Å². The van der Waals surface area contributed by atoms with Crippen LogP contribution in [-0.4, -0.2) is 49.3 Å². The zero-order valence-electron chi connectivity index (χ0n) is 12.8. The number of hydrogen-bond donors (Lipinski definition) is 2. The van der Waals surface area contributed by atoms with Crippen molar-refractivity contribution in [2.45, 2.75) is 19.4 Å². The van der Waals surface area contributed by atoms with Crippen LogP contribution in [0.25, 0.3) is 0 Å². The summed E-state index contributed by atoms with van der Waals surface area (Å²) in [5.74, 6) is 1.09. The Morgan fingerprint density at radius 1 is 1.45 bits per heavy atom. The summed E-state index contributed by atoms with van der Waals surface area (Å²) >= 11 is 5.98. The van der Waals surface area contributed by atoms with Gasteiger partial charge >= 0.3 is 0 Å². The standard InChI is InChI=1S/C16H23ClN2O3/c1-22-15-3-2-14(17)8-13(15)9-18-16(21)10-19-6-4-12(11-20)5-7-19/h2-3,8,12,20H,4-7,9-11H2,1H3,(H,18,21). The van der Waals surface area contributed by atoms with Crippen molar-refractivity contribution in [3.63, 3.8) is 0 Å². The van der Waals surface area contributed by atoms with E-state index in [9.17, 15) is 4.79 Å². The molecule has 2 rings (SSSR count). The average molecular weight is 327 g/mol. The van der Waals surface area contributed by atoms with Crippen LogP contribution in [0.5, 0.6) is 5.75 Å². The van der Waals surface area contributed by atoms with E-state index in [1.807, 2.05) is 0 Å². The zero-order chi connectivity index (χ0) is 15.9. The molecule has 5 nitrogen and oxygen atoms in total. The Hall–Kier alpha value is -1.30. The number of rotatable bonds is 6. The highest BCUT2D eigenvalue weighted by atomic mass is 35.5. The number of likely N-dealkylation sites (tertiary alicyclic amines) is 1. The third-order valence-electron chi connectivity index (χ3n) is 4.05. The predicted molar refractivity (Wildman–Crippen MR) is 86.1 cm³/mol. The van der Waals surface area contributed by atoms with E-state index in [1.165, 1.54) is 0 Å². The van der Waals surface area contributed by atoms with Crippen LogP contribution in [0, 0.1) is 5.92 Å². The van der Waals surface area contributed by atoms with Gasteiger partial charge in [-0.25, -0.2) is 0 Å². The van der Waals surface area contributed by atoms with E-state index >= 15 is 0 Å². The molecule has 0 radical (unpaired) electrons. The third-order valence-corrected chi connectivity index (χ3v) is 4.29. The summed E-state index contributed by atoms with van der Waals surface area (Å²) in [5, 5.41) is 12.6. The summed E-state index contributed by atoms with van der Waals surface area (Å²) in [6, 6.07) is 5.36. The quantitative estimate of drug-likeness (QED) is 0.835. The Labute approximate surface area is 136 Å². The highest BCUT2D eigenvalue weighted by Gasteiger charge is 2.20. The van der Waals surface area contributed by atoms with Gasteiger partial charge in [0, 0.05) is 23.7 Å². The van der Waals surface area contributed by atoms with Gasteiger partial charge in [0.15, 0.2) is 0 Å². The second-order valence-electron chi connectivity index (χ2n) is 5.63. The molecule has 1 aliphatic rings. The molecule has 0 spiro atoms. The largest absolute Gasteiger partial charge is 0.496 e. The van der Waals surface area contributed by atoms with Gasteiger partial charge in [-0.3, -0.25) is 9.69 Å². The Morgan fingerprint density at radius 3 is 2.82 bits per heavy atom. The highest BCUT2D eigenvalue weighted by molar-refractivity contribution is 6.30. The number of aliphatic hydroxyl groups is 1. The minimum Gasteiger partial charge on any atom is -0.496 e. The van der Waals surface area contributed by atoms with Crippen LogP contribution in [-0.2, 0) is 11.3 Å². The lowest BCUT2D eigenvalue weighted by Crippen LogP contribution is -2.41. The zero-order valence-corrected chi connectivity index (χ0v) is 13.6. The van der Waals surface area contributed by atoms with Gasteiger partial charge in [0.2, 0.25) is 5.91 Å². The first-order chi connectivity index (χ1) is 10.6. The molecule has 6 heteroatoms. The smallest absolute Gasteiger partial charge is 0.234 e. The monoisotopic (exact) mass is 326 g/mol. The second kappa shape index (κ2) is 8.36. The number of hydrogen-bond acceptors (Lipinski definition) is 4. The number of nitrogens with zero attached hydrogens (tertiary/aromatic N) is 1. The summed E-state index contributed by atoms with van der Waals surface area (Å²) in [7, 11) is 1.60. The summed E-state index contributed by atoms with van der Waals surface area (Å²) < 4.78 is 5.26. The molecule has 1 aromatic carbocycles. The van der Waals surface area contributed by atoms with Gasteiger partial charge in [-0.1, -0.05) is 11.6 Å². The van der Waals surface area contributed by atoms with Crippen molar-refractivity contribution < 1.29 is 14.6 Å². The van der Waals surface area contributed by atoms with Crippen molar-refractivity contribution in [3.8, 4) is 5.75 Å². The van der Waals surface area contributed by atoms with Crippen LogP contribution >= 0.6 is 11.6 Å². The van der Waals surface area contributed by atoms with Gasteiger partial charge in [-0.05, 0) is 50.0 Å². The first-order valence-corrected chi connectivity index (χ1v) is 7.92. The molecule has 0 unspecified atom stereocenters. The normalized spacial score (nSPS) is 16.5. The van der Waals surface area contributed by atoms with Crippen molar-refractivity contribution >= 4 is 17.5 Å². The van der Waals surface area contributed by atoms with E-state index in [0.29, 0.717) is 29.8 Å². The van der Waals surface area contributed by atoms with Crippen molar-refractivity contribution in [2.75, 3.05) is 33.4 Å². The Bertz CT molecular complexity index is 502. The number of aliphatic hydroxyl groups excluding tert-OH is 1. The summed E-state index contributed by atoms with van der Waals surface area (Å²) in [5.41, 5.74) is 0.863. The lowest BCUT2D eigenvalue weighted by Gasteiger charge is -2.30. The topological polar surface area (TPSA) is 61.8 Å². The number of piperidine rings is 1. The van der Waals surface area contributed by atoms with Gasteiger partial charge in [-0.2, -0.15) is 0 Å². The Balaban J connectivity index is 1.80. The second-order valence-corrected chi connectivity index (χ2v) is 6.07. The van der Waals surface area contributed by atoms with Crippen LogP contribution in [0.15, 0.2) is 18.2 Å². The van der Waals surface area contributed by atoms with Crippen LogP contribution in [0.2, 0.25) is 5.02 Å². The van der Waals surface area contributed by atoms with E-state index in [0.717, 1.165) is 31.5 Å². The molecule has 1 aromatic rings. The van der Waals surface area contributed by atoms with Crippen LogP contribution < -0.4 is 10.1 Å². The molecular weight excluding hydrogens is 304 g/mol. The molecule has 1 aliphatic heterocycles. The molecule has 0 bridgehead atoms. The number of ether oxygens (including phenoxy) is 1. The predicted octanol–water partition coefficient (Wildman–Crippen LogP) is 1.67. The molecule has 1 amide bonds. The SMILES string of the molecule is COc1ccc(Cl)cc1CNC(=O)CN1CCC(CO)CC1. The van der Waals surface area contributed by atoms with Gasteiger partial charge in [0.25, 0.3) is 0 Å². The summed E-state index contributed by atoms with van der Waals surface area (Å²) in [6.07, 6.45) is 1.90. The van der Waals surface area contributed by atoms with E-state index in [4.69, 9.17) is 21.4 Å². The molecular formula is C16H23ClN2O3. The highest BCUT2D eigenvalue weighted by Crippen LogP contribution is 2.22. The molecule has 1 heterocycles. The maximum atomic E-state index is 12.0. The molecule has 0 saturated carbocycles. The number of amides is 1. The fourth-order valence-corrected chi connectivity index (χ4v) is 2.86. The fourth-order valence-electron chi connectivity index (χ4n) is 2.67. The number of methoxy groups -OCH3 is 1. The first-order valence-electron chi connectivity index (χ1n) is 7.54. The lowest BCUT2D eigenvalue weighted by atomic mass is 9.98. The van der Waals surface area contributed by atoms with Crippen LogP contribution in [0.1, 0.15) is 18.4 Å². The van der Waals surface area contributed by atoms with E-state index in [-0.39, 0.29) is 12.5 Å². The molecule has 2 N–H and O–H groups in total. The molecule has 0 aliphatic carbocycles. The average Bonchev–Trinajstić information content (AvgIpc) is 2.54. The number of benzene rings is 1. The molecule has 1 fully saturated rings. The van der Waals surface area contributed by atoms with Crippen LogP contribution in [0.4, 0.5) is 0 Å². The molecule has 1 saturated heterocycles. The summed E-state index contributed by atoms with van der Waals surface area (Å²) in [4.78, 5) is 14.2. The van der Waals surface area contributed by atoms with E-state index in [2.05, 4.69) is 10.2 Å². The minimum absolute atomic E-state index is 0.00974. The maximum Gasteiger partial charge on any atom is 0.234 e. The van der Waals surface area contributed by atoms with Crippen molar-refractivity contribution in [3.05, 3.63) is 28.8 Å². The molecule has 22 heavy (non-hydrogen) atoms. The van der Waals surface area contributed by atoms with Crippen molar-refractivity contribution in [1.82, 2.24) is 10.2 Å². The number of carbonyl (C=O) groups is 1. The van der Waals surface area contributed by atoms with Crippen LogP contribution in [0.3, 0.4) is 0 Å². The van der Waals surface area contributed by atoms with Gasteiger partial charge < -0.3 is 15.2 Å². The van der Waals surface area contributed by atoms with Gasteiger partial charge in [0.1, 0.15) is 5.75 Å². The first kappa shape index (κ1) is 17.1. The van der Waals surface area contributed by atoms with Gasteiger partial charge in [-0.15, -0.1) is 0 Å². The molecule has 122 valence electrons. The third kappa shape index (κ3) is 4.87. The Morgan fingerprint density at radius 2 is 2.18 bits per heavy atom. The van der Waals surface area contributed by atoms with Gasteiger partial charge in [0.05, 0.1) is 13.7 Å². The number of halogens is 1. The molecule has 0 atom stereocenters. The maximum absolute atomic E-state index is 12.0. The number of nitrogens with one attached hydrogen (secondary N) is 1. The number of carbonyl (C=O) groups excluding carboxylic acids is 1. The van der Waals surface area contributed by atoms with Crippen molar-refractivity contribution in [2.24, 2.45) is 5.92 Å². The Kier molecular flexibility index (Phi) is 6.49. The minimum atomic E-state index is -0.00974.